The van der Waals surface area contributed by atoms with E-state index in [0.29, 0.717) is 5.56 Å². The van der Waals surface area contributed by atoms with E-state index in [4.69, 9.17) is 0 Å². The summed E-state index contributed by atoms with van der Waals surface area (Å²) < 4.78 is 2.18. The molecule has 25 heavy (non-hydrogen) atoms. The maximum absolute atomic E-state index is 13.0. The van der Waals surface area contributed by atoms with Gasteiger partial charge in [-0.05, 0) is 76.2 Å². The number of nitrogens with zero attached hydrogens (tertiary/aromatic N) is 3. The second-order valence-corrected chi connectivity index (χ2v) is 6.48. The molecule has 0 radical (unpaired) electrons. The van der Waals surface area contributed by atoms with E-state index in [1.54, 1.807) is 17.3 Å². The van der Waals surface area contributed by atoms with Gasteiger partial charge in [-0.25, -0.2) is 0 Å². The summed E-state index contributed by atoms with van der Waals surface area (Å²) in [5.41, 5.74) is 4.90. The van der Waals surface area contributed by atoms with Gasteiger partial charge in [-0.3, -0.25) is 9.78 Å². The van der Waals surface area contributed by atoms with Gasteiger partial charge in [-0.1, -0.05) is 0 Å². The molecule has 1 aromatic carbocycles. The van der Waals surface area contributed by atoms with Crippen molar-refractivity contribution in [3.05, 3.63) is 77.9 Å². The van der Waals surface area contributed by atoms with Crippen molar-refractivity contribution in [3.63, 3.8) is 0 Å². The van der Waals surface area contributed by atoms with Crippen LogP contribution in [-0.2, 0) is 0 Å². The van der Waals surface area contributed by atoms with E-state index in [9.17, 15) is 4.79 Å². The first-order valence-electron chi connectivity index (χ1n) is 8.48. The van der Waals surface area contributed by atoms with Gasteiger partial charge in [-0.15, -0.1) is 0 Å². The Kier molecular flexibility index (Phi) is 4.70. The molecule has 4 nitrogen and oxygen atoms in total. The monoisotopic (exact) mass is 333 g/mol. The van der Waals surface area contributed by atoms with Gasteiger partial charge in [0.05, 0.1) is 11.9 Å². The van der Waals surface area contributed by atoms with Crippen LogP contribution in [0.5, 0.6) is 0 Å². The van der Waals surface area contributed by atoms with E-state index >= 15 is 0 Å². The number of anilines is 1. The highest BCUT2D eigenvalue weighted by molar-refractivity contribution is 6.06. The van der Waals surface area contributed by atoms with Crippen molar-refractivity contribution in [1.82, 2.24) is 9.55 Å². The Bertz CT molecular complexity index is 844. The van der Waals surface area contributed by atoms with Crippen molar-refractivity contribution in [2.75, 3.05) is 4.90 Å². The first kappa shape index (κ1) is 17.0. The molecule has 128 valence electrons. The van der Waals surface area contributed by atoms with Crippen molar-refractivity contribution >= 4 is 11.6 Å². The number of carbonyl (C=O) groups excluding carboxylic acids is 1. The molecule has 0 N–H and O–H groups in total. The van der Waals surface area contributed by atoms with E-state index in [1.165, 1.54) is 11.4 Å². The van der Waals surface area contributed by atoms with Crippen LogP contribution in [0.2, 0.25) is 0 Å². The number of amides is 1. The number of hydrogen-bond donors (Lipinski definition) is 0. The predicted octanol–water partition coefficient (Wildman–Crippen LogP) is 4.54. The number of carbonyl (C=O) groups is 1. The van der Waals surface area contributed by atoms with Crippen molar-refractivity contribution in [3.8, 4) is 5.69 Å². The summed E-state index contributed by atoms with van der Waals surface area (Å²) in [6.07, 6.45) is 3.43. The fourth-order valence-electron chi connectivity index (χ4n) is 3.11. The molecular weight excluding hydrogens is 310 g/mol. The van der Waals surface area contributed by atoms with Gasteiger partial charge < -0.3 is 9.47 Å². The van der Waals surface area contributed by atoms with Gasteiger partial charge in [-0.2, -0.15) is 0 Å². The fraction of sp³-hybridized carbons (Fsp3) is 0.238. The van der Waals surface area contributed by atoms with Crippen LogP contribution < -0.4 is 4.90 Å². The molecule has 0 unspecified atom stereocenters. The summed E-state index contributed by atoms with van der Waals surface area (Å²) >= 11 is 0. The van der Waals surface area contributed by atoms with Gasteiger partial charge in [0.2, 0.25) is 0 Å². The SMILES string of the molecule is Cc1ccc(C)n1-c1ccc(C(=O)N(c2cccnc2)C(C)C)cc1. The Balaban J connectivity index is 1.92. The minimum absolute atomic E-state index is 0.0181. The first-order chi connectivity index (χ1) is 12.0. The topological polar surface area (TPSA) is 38.1 Å². The number of rotatable bonds is 4. The predicted molar refractivity (Wildman–Crippen MR) is 101 cm³/mol. The van der Waals surface area contributed by atoms with Crippen LogP contribution in [0.25, 0.3) is 5.69 Å². The maximum atomic E-state index is 13.0. The molecule has 0 saturated heterocycles. The van der Waals surface area contributed by atoms with Crippen molar-refractivity contribution in [1.29, 1.82) is 0 Å². The highest BCUT2D eigenvalue weighted by Gasteiger charge is 2.21. The lowest BCUT2D eigenvalue weighted by molar-refractivity contribution is 0.0980. The molecule has 0 fully saturated rings. The Morgan fingerprint density at radius 2 is 1.64 bits per heavy atom. The molecule has 0 spiro atoms. The zero-order chi connectivity index (χ0) is 18.0. The lowest BCUT2D eigenvalue weighted by Crippen LogP contribution is -2.37. The normalized spacial score (nSPS) is 10.9. The lowest BCUT2D eigenvalue weighted by Gasteiger charge is -2.26. The van der Waals surface area contributed by atoms with E-state index in [0.717, 1.165) is 11.4 Å². The Labute approximate surface area is 148 Å². The summed E-state index contributed by atoms with van der Waals surface area (Å²) in [6.45, 7) is 8.17. The third kappa shape index (κ3) is 3.33. The molecule has 3 rings (SSSR count). The minimum Gasteiger partial charge on any atom is -0.319 e. The zero-order valence-electron chi connectivity index (χ0n) is 15.1. The summed E-state index contributed by atoms with van der Waals surface area (Å²) in [5, 5.41) is 0. The van der Waals surface area contributed by atoms with Crippen LogP contribution in [0, 0.1) is 13.8 Å². The average molecular weight is 333 g/mol. The number of aromatic nitrogens is 2. The van der Waals surface area contributed by atoms with Crippen molar-refractivity contribution < 1.29 is 4.79 Å². The Hall–Kier alpha value is -2.88. The lowest BCUT2D eigenvalue weighted by atomic mass is 10.1. The van der Waals surface area contributed by atoms with Crippen LogP contribution >= 0.6 is 0 Å². The van der Waals surface area contributed by atoms with Gasteiger partial charge in [0.15, 0.2) is 0 Å². The van der Waals surface area contributed by atoms with Crippen molar-refractivity contribution in [2.45, 2.75) is 33.7 Å². The van der Waals surface area contributed by atoms with Gasteiger partial charge in [0, 0.05) is 34.9 Å². The smallest absolute Gasteiger partial charge is 0.258 e. The minimum atomic E-state index is -0.0181. The third-order valence-corrected chi connectivity index (χ3v) is 4.30. The van der Waals surface area contributed by atoms with E-state index < -0.39 is 0 Å². The van der Waals surface area contributed by atoms with E-state index in [2.05, 4.69) is 35.5 Å². The summed E-state index contributed by atoms with van der Waals surface area (Å²) in [4.78, 5) is 18.9. The Morgan fingerprint density at radius 1 is 1.00 bits per heavy atom. The molecule has 0 aliphatic rings. The Morgan fingerprint density at radius 3 is 2.16 bits per heavy atom. The van der Waals surface area contributed by atoms with Crippen molar-refractivity contribution in [2.24, 2.45) is 0 Å². The van der Waals surface area contributed by atoms with Gasteiger partial charge in [0.1, 0.15) is 0 Å². The molecule has 2 aromatic heterocycles. The van der Waals surface area contributed by atoms with Crippen LogP contribution in [0.15, 0.2) is 60.9 Å². The second kappa shape index (κ2) is 6.93. The number of aryl methyl sites for hydroxylation is 2. The molecule has 1 amide bonds. The largest absolute Gasteiger partial charge is 0.319 e. The fourth-order valence-corrected chi connectivity index (χ4v) is 3.11. The molecule has 0 aliphatic heterocycles. The van der Waals surface area contributed by atoms with Gasteiger partial charge >= 0.3 is 0 Å². The van der Waals surface area contributed by atoms with Crippen LogP contribution in [-0.4, -0.2) is 21.5 Å². The van der Waals surface area contributed by atoms with Crippen LogP contribution in [0.4, 0.5) is 5.69 Å². The molecule has 0 saturated carbocycles. The molecule has 4 heteroatoms. The summed E-state index contributed by atoms with van der Waals surface area (Å²) in [5.74, 6) is -0.0181. The third-order valence-electron chi connectivity index (χ3n) is 4.30. The molecular formula is C21H23N3O. The maximum Gasteiger partial charge on any atom is 0.258 e. The highest BCUT2D eigenvalue weighted by atomic mass is 16.2. The average Bonchev–Trinajstić information content (AvgIpc) is 2.94. The standard InChI is InChI=1S/C21H23N3O/c1-15(2)23(20-6-5-13-22-14-20)21(25)18-9-11-19(12-10-18)24-16(3)7-8-17(24)4/h5-15H,1-4H3. The number of pyridine rings is 1. The number of benzene rings is 1. The number of hydrogen-bond acceptors (Lipinski definition) is 2. The summed E-state index contributed by atoms with van der Waals surface area (Å²) in [6, 6.07) is 15.8. The molecule has 0 atom stereocenters. The zero-order valence-corrected chi connectivity index (χ0v) is 15.1. The second-order valence-electron chi connectivity index (χ2n) is 6.48. The van der Waals surface area contributed by atoms with Crippen LogP contribution in [0.3, 0.4) is 0 Å². The summed E-state index contributed by atoms with van der Waals surface area (Å²) in [7, 11) is 0. The molecule has 0 bridgehead atoms. The molecule has 2 heterocycles. The van der Waals surface area contributed by atoms with E-state index in [-0.39, 0.29) is 11.9 Å². The quantitative estimate of drug-likeness (QED) is 0.703. The highest BCUT2D eigenvalue weighted by Crippen LogP contribution is 2.21. The van der Waals surface area contributed by atoms with E-state index in [1.807, 2.05) is 50.2 Å². The van der Waals surface area contributed by atoms with Gasteiger partial charge in [0.25, 0.3) is 5.91 Å². The molecule has 3 aromatic rings. The first-order valence-corrected chi connectivity index (χ1v) is 8.48. The van der Waals surface area contributed by atoms with Crippen LogP contribution in [0.1, 0.15) is 35.6 Å². The molecule has 0 aliphatic carbocycles.